The maximum atomic E-state index is 14.2. The zero-order chi connectivity index (χ0) is 29.8. The van der Waals surface area contributed by atoms with Crippen LogP contribution in [0.25, 0.3) is 0 Å². The molecule has 9 nitrogen and oxygen atoms in total. The molecule has 2 unspecified atom stereocenters. The van der Waals surface area contributed by atoms with Gasteiger partial charge in [0.05, 0.1) is 6.16 Å². The molecule has 2 aromatic carbocycles. The van der Waals surface area contributed by atoms with Crippen LogP contribution in [0.15, 0.2) is 42.0 Å². The molecule has 1 fully saturated rings. The highest BCUT2D eigenvalue weighted by Crippen LogP contribution is 2.45. The molecule has 2 aliphatic heterocycles. The largest absolute Gasteiger partial charge is 0.507 e. The van der Waals surface area contributed by atoms with Crippen molar-refractivity contribution < 1.29 is 33.3 Å². The van der Waals surface area contributed by atoms with Gasteiger partial charge in [0.2, 0.25) is 0 Å². The fourth-order valence-electron chi connectivity index (χ4n) is 5.55. The Bertz CT molecular complexity index is 1370. The van der Waals surface area contributed by atoms with Crippen LogP contribution >= 0.6 is 7.52 Å². The predicted octanol–water partition coefficient (Wildman–Crippen LogP) is 5.36. The molecule has 2 heterocycles. The number of carbonyl (C=O) groups is 2. The van der Waals surface area contributed by atoms with Gasteiger partial charge in [-0.25, -0.2) is 9.88 Å². The molecule has 0 aromatic heterocycles. The first-order chi connectivity index (χ1) is 19.4. The molecule has 41 heavy (non-hydrogen) atoms. The number of fused-ring (bicyclic) bond motifs is 1. The number of hydrogen-bond donors (Lipinski definition) is 3. The van der Waals surface area contributed by atoms with Crippen molar-refractivity contribution in [2.75, 3.05) is 19.3 Å². The number of para-hydroxylation sites is 1. The van der Waals surface area contributed by atoms with E-state index in [2.05, 4.69) is 10.4 Å². The lowest BCUT2D eigenvalue weighted by Gasteiger charge is -2.27. The number of benzene rings is 2. The number of allylic oxidation sites excluding steroid dienone is 2. The van der Waals surface area contributed by atoms with Crippen LogP contribution in [0, 0.1) is 6.92 Å². The second-order valence-electron chi connectivity index (χ2n) is 11.3. The Labute approximate surface area is 242 Å². The molecule has 10 heteroatoms. The Morgan fingerprint density at radius 3 is 2.68 bits per heavy atom. The lowest BCUT2D eigenvalue weighted by Crippen LogP contribution is -2.44. The summed E-state index contributed by atoms with van der Waals surface area (Å²) in [4.78, 5) is 25.1. The summed E-state index contributed by atoms with van der Waals surface area (Å²) in [6.45, 7) is 10.7. The molecule has 0 saturated carbocycles. The monoisotopic (exact) mass is 584 g/mol. The van der Waals surface area contributed by atoms with Crippen molar-refractivity contribution in [2.45, 2.75) is 78.5 Å². The van der Waals surface area contributed by atoms with E-state index in [0.717, 1.165) is 41.6 Å². The summed E-state index contributed by atoms with van der Waals surface area (Å²) < 4.78 is 30.9. The van der Waals surface area contributed by atoms with Crippen LogP contribution in [0.4, 0.5) is 0 Å². The van der Waals surface area contributed by atoms with Gasteiger partial charge in [-0.15, -0.1) is 0 Å². The van der Waals surface area contributed by atoms with Crippen LogP contribution in [-0.4, -0.2) is 47.9 Å². The molecule has 0 amide bonds. The van der Waals surface area contributed by atoms with Crippen LogP contribution in [0.5, 0.6) is 11.5 Å². The van der Waals surface area contributed by atoms with Gasteiger partial charge >= 0.3 is 19.5 Å². The van der Waals surface area contributed by atoms with Crippen molar-refractivity contribution in [1.82, 2.24) is 10.4 Å². The minimum atomic E-state index is -3.63. The molecule has 3 N–H and O–H groups in total. The minimum absolute atomic E-state index is 0.0208. The van der Waals surface area contributed by atoms with E-state index in [1.165, 1.54) is 0 Å². The van der Waals surface area contributed by atoms with Crippen LogP contribution in [0.1, 0.15) is 73.1 Å². The third-order valence-corrected chi connectivity index (χ3v) is 10.0. The van der Waals surface area contributed by atoms with Gasteiger partial charge in [-0.2, -0.15) is 0 Å². The lowest BCUT2D eigenvalue weighted by molar-refractivity contribution is -0.147. The van der Waals surface area contributed by atoms with Gasteiger partial charge < -0.3 is 24.4 Å². The smallest absolute Gasteiger partial charge is 0.342 e. The Morgan fingerprint density at radius 1 is 1.29 bits per heavy atom. The van der Waals surface area contributed by atoms with Crippen molar-refractivity contribution in [3.05, 3.63) is 69.8 Å². The number of nitrogens with one attached hydrogen (secondary N) is 2. The maximum Gasteiger partial charge on any atom is 0.342 e. The molecule has 1 saturated heterocycles. The first-order valence-electron chi connectivity index (χ1n) is 14.2. The van der Waals surface area contributed by atoms with Crippen LogP contribution in [0.2, 0.25) is 0 Å². The summed E-state index contributed by atoms with van der Waals surface area (Å²) in [6, 6.07) is 7.95. The summed E-state index contributed by atoms with van der Waals surface area (Å²) in [5.74, 6) is -0.666. The highest BCUT2D eigenvalue weighted by Gasteiger charge is 2.34. The standard InChI is InChI=1S/C31H41N2O7P/c1-6-24-21(3)26-17-38-30(36)27(26)28(34)25(24)14-13-20(2)18-41(37,40-23-11-8-7-9-12-23)33-22(4)29(35)39-19-31(5)15-10-16-32-31/h7-9,11-13,22,32,34H,6,10,14-19H2,1-5H3,(H,33,37)/b20-13+/t22-,31?,41?/m0/s1. The SMILES string of the molecule is CCc1c(C)c2c(c(O)c1C/C=C(\C)CP(=O)(N[C@@H](C)C(=O)OCC1(C)CCCN1)Oc1ccccc1)C(=O)OC2. The minimum Gasteiger partial charge on any atom is -0.507 e. The number of ether oxygens (including phenoxy) is 2. The van der Waals surface area contributed by atoms with Gasteiger partial charge in [-0.05, 0) is 83.2 Å². The zero-order valence-electron chi connectivity index (χ0n) is 24.5. The van der Waals surface area contributed by atoms with Gasteiger partial charge in [-0.3, -0.25) is 9.36 Å². The Morgan fingerprint density at radius 2 is 2.02 bits per heavy atom. The van der Waals surface area contributed by atoms with E-state index in [1.807, 2.05) is 39.8 Å². The molecule has 222 valence electrons. The first-order valence-corrected chi connectivity index (χ1v) is 16.0. The molecule has 0 aliphatic carbocycles. The average molecular weight is 585 g/mol. The van der Waals surface area contributed by atoms with Crippen molar-refractivity contribution in [1.29, 1.82) is 0 Å². The fraction of sp³-hybridized carbons (Fsp3) is 0.484. The summed E-state index contributed by atoms with van der Waals surface area (Å²) in [5, 5.41) is 17.3. The van der Waals surface area contributed by atoms with E-state index in [0.29, 0.717) is 24.2 Å². The molecule has 0 radical (unpaired) electrons. The van der Waals surface area contributed by atoms with Crippen LogP contribution in [0.3, 0.4) is 0 Å². The molecular formula is C31H41N2O7P. The van der Waals surface area contributed by atoms with Gasteiger partial charge in [-0.1, -0.05) is 36.8 Å². The van der Waals surface area contributed by atoms with Crippen molar-refractivity contribution in [3.8, 4) is 11.5 Å². The third kappa shape index (κ3) is 7.21. The summed E-state index contributed by atoms with van der Waals surface area (Å²) >= 11 is 0. The van der Waals surface area contributed by atoms with Crippen molar-refractivity contribution in [2.24, 2.45) is 0 Å². The molecule has 2 aromatic rings. The number of cyclic esters (lactones) is 1. The number of aromatic hydroxyl groups is 1. The maximum absolute atomic E-state index is 14.2. The van der Waals surface area contributed by atoms with E-state index in [1.54, 1.807) is 31.2 Å². The zero-order valence-corrected chi connectivity index (χ0v) is 25.4. The van der Waals surface area contributed by atoms with Gasteiger partial charge in [0, 0.05) is 16.7 Å². The number of hydrogen-bond acceptors (Lipinski definition) is 8. The van der Waals surface area contributed by atoms with E-state index < -0.39 is 25.5 Å². The molecule has 2 aliphatic rings. The molecular weight excluding hydrogens is 543 g/mol. The normalized spacial score (nSPS) is 20.7. The summed E-state index contributed by atoms with van der Waals surface area (Å²) in [5.41, 5.74) is 4.01. The van der Waals surface area contributed by atoms with Crippen molar-refractivity contribution in [3.63, 3.8) is 0 Å². The molecule has 0 spiro atoms. The van der Waals surface area contributed by atoms with Gasteiger partial charge in [0.25, 0.3) is 0 Å². The molecule has 4 rings (SSSR count). The van der Waals surface area contributed by atoms with E-state index in [9.17, 15) is 19.3 Å². The van der Waals surface area contributed by atoms with E-state index in [4.69, 9.17) is 14.0 Å². The quantitative estimate of drug-likeness (QED) is 0.172. The second-order valence-corrected chi connectivity index (χ2v) is 13.4. The van der Waals surface area contributed by atoms with Crippen LogP contribution < -0.4 is 14.9 Å². The number of phenols is 1. The Kier molecular flexibility index (Phi) is 9.62. The fourth-order valence-corrected chi connectivity index (χ4v) is 7.70. The topological polar surface area (TPSA) is 123 Å². The highest BCUT2D eigenvalue weighted by atomic mass is 31.2. The first kappa shape index (κ1) is 30.8. The van der Waals surface area contributed by atoms with E-state index in [-0.39, 0.29) is 36.2 Å². The lowest BCUT2D eigenvalue weighted by atomic mass is 9.89. The number of phenolic OH excluding ortho intramolecular Hbond substituents is 1. The van der Waals surface area contributed by atoms with Crippen molar-refractivity contribution >= 4 is 19.5 Å². The van der Waals surface area contributed by atoms with Crippen LogP contribution in [-0.2, 0) is 38.3 Å². The number of rotatable bonds is 12. The molecule has 3 atom stereocenters. The summed E-state index contributed by atoms with van der Waals surface area (Å²) in [6.07, 6.45) is 4.85. The highest BCUT2D eigenvalue weighted by molar-refractivity contribution is 7.57. The second kappa shape index (κ2) is 12.8. The average Bonchev–Trinajstić information content (AvgIpc) is 3.54. The van der Waals surface area contributed by atoms with E-state index >= 15 is 0 Å². The third-order valence-electron chi connectivity index (χ3n) is 7.84. The Hall–Kier alpha value is -3.13. The summed E-state index contributed by atoms with van der Waals surface area (Å²) in [7, 11) is -3.63. The number of carbonyl (C=O) groups excluding carboxylic acids is 2. The van der Waals surface area contributed by atoms with Gasteiger partial charge in [0.15, 0.2) is 0 Å². The Balaban J connectivity index is 1.52. The molecule has 0 bridgehead atoms. The number of esters is 2. The predicted molar refractivity (Wildman–Crippen MR) is 158 cm³/mol. The van der Waals surface area contributed by atoms with Gasteiger partial charge in [0.1, 0.15) is 36.3 Å².